The summed E-state index contributed by atoms with van der Waals surface area (Å²) >= 11 is 0. The van der Waals surface area contributed by atoms with Gasteiger partial charge in [0.25, 0.3) is 0 Å². The van der Waals surface area contributed by atoms with Crippen molar-refractivity contribution in [3.63, 3.8) is 0 Å². The van der Waals surface area contributed by atoms with Gasteiger partial charge in [0, 0.05) is 24.2 Å². The van der Waals surface area contributed by atoms with E-state index in [1.165, 1.54) is 5.56 Å². The number of hydrogen-bond donors (Lipinski definition) is 0. The molecule has 0 saturated carbocycles. The number of fused-ring (bicyclic) bond motifs is 3. The fraction of sp³-hybridized carbons (Fsp3) is 0.250. The van der Waals surface area contributed by atoms with Crippen LogP contribution in [0.1, 0.15) is 45.1 Å². The van der Waals surface area contributed by atoms with Crippen LogP contribution in [0.15, 0.2) is 54.3 Å². The lowest BCUT2D eigenvalue weighted by atomic mass is 9.99. The Balaban J connectivity index is 1.24. The molecular formula is C28H25NO5. The Morgan fingerprint density at radius 2 is 1.74 bits per heavy atom. The van der Waals surface area contributed by atoms with Crippen LogP contribution in [-0.4, -0.2) is 24.2 Å². The van der Waals surface area contributed by atoms with Crippen LogP contribution >= 0.6 is 0 Å². The molecule has 3 aromatic carbocycles. The summed E-state index contributed by atoms with van der Waals surface area (Å²) in [5.41, 5.74) is 5.79. The number of carbonyl (C=O) groups is 1. The molecule has 3 aromatic rings. The van der Waals surface area contributed by atoms with E-state index in [2.05, 4.69) is 24.0 Å². The summed E-state index contributed by atoms with van der Waals surface area (Å²) in [5, 5.41) is 0. The molecule has 6 rings (SSSR count). The number of rotatable bonds is 4. The topological polar surface area (TPSA) is 57.2 Å². The van der Waals surface area contributed by atoms with E-state index in [0.717, 1.165) is 45.9 Å². The first kappa shape index (κ1) is 20.8. The van der Waals surface area contributed by atoms with Crippen LogP contribution in [0.25, 0.3) is 6.08 Å². The van der Waals surface area contributed by atoms with Crippen LogP contribution in [0, 0.1) is 6.92 Å². The van der Waals surface area contributed by atoms with Crippen molar-refractivity contribution in [3.05, 3.63) is 87.7 Å². The molecule has 0 aliphatic carbocycles. The van der Waals surface area contributed by atoms with Crippen LogP contribution in [-0.2, 0) is 19.5 Å². The maximum atomic E-state index is 13.2. The van der Waals surface area contributed by atoms with E-state index in [-0.39, 0.29) is 12.6 Å². The van der Waals surface area contributed by atoms with Crippen LogP contribution in [0.2, 0.25) is 0 Å². The number of carbonyl (C=O) groups excluding carboxylic acids is 1. The maximum Gasteiger partial charge on any atom is 0.231 e. The number of aryl methyl sites for hydroxylation is 1. The number of nitrogens with zero attached hydrogens (tertiary/aromatic N) is 1. The Morgan fingerprint density at radius 3 is 2.56 bits per heavy atom. The third kappa shape index (κ3) is 3.60. The molecule has 0 atom stereocenters. The third-order valence-corrected chi connectivity index (χ3v) is 6.53. The van der Waals surface area contributed by atoms with Crippen molar-refractivity contribution in [1.29, 1.82) is 0 Å². The minimum Gasteiger partial charge on any atom is -0.477 e. The monoisotopic (exact) mass is 455 g/mol. The van der Waals surface area contributed by atoms with E-state index in [9.17, 15) is 4.79 Å². The molecule has 0 fully saturated rings. The summed E-state index contributed by atoms with van der Waals surface area (Å²) in [7, 11) is 0. The molecule has 0 bridgehead atoms. The molecule has 3 heterocycles. The Labute approximate surface area is 198 Å². The summed E-state index contributed by atoms with van der Waals surface area (Å²) < 4.78 is 23.1. The first-order valence-corrected chi connectivity index (χ1v) is 11.5. The molecule has 6 heteroatoms. The van der Waals surface area contributed by atoms with Gasteiger partial charge in [0.05, 0.1) is 5.56 Å². The van der Waals surface area contributed by atoms with Gasteiger partial charge in [-0.25, -0.2) is 0 Å². The molecule has 3 aliphatic heterocycles. The molecule has 0 saturated heterocycles. The van der Waals surface area contributed by atoms with Crippen molar-refractivity contribution in [2.75, 3.05) is 13.5 Å². The van der Waals surface area contributed by atoms with Crippen molar-refractivity contribution >= 4 is 11.9 Å². The Morgan fingerprint density at radius 1 is 0.941 bits per heavy atom. The number of allylic oxidation sites excluding steroid dienone is 1. The van der Waals surface area contributed by atoms with Gasteiger partial charge in [-0.1, -0.05) is 37.3 Å². The summed E-state index contributed by atoms with van der Waals surface area (Å²) in [6.07, 6.45) is 2.79. The minimum absolute atomic E-state index is 0.0895. The van der Waals surface area contributed by atoms with Crippen LogP contribution in [0.5, 0.6) is 23.0 Å². The molecule has 34 heavy (non-hydrogen) atoms. The van der Waals surface area contributed by atoms with Gasteiger partial charge in [-0.2, -0.15) is 0 Å². The zero-order valence-electron chi connectivity index (χ0n) is 19.2. The molecule has 0 spiro atoms. The average molecular weight is 456 g/mol. The average Bonchev–Trinajstić information content (AvgIpc) is 3.44. The SMILES string of the molecule is CCc1ccc(/C=C2\Oc3c(cc4c(c3C)OCN(Cc3ccc5c(c3)OCO5)C4)C2=O)cc1. The molecular weight excluding hydrogens is 430 g/mol. The number of benzene rings is 3. The van der Waals surface area contributed by atoms with Crippen molar-refractivity contribution in [3.8, 4) is 23.0 Å². The molecule has 0 amide bonds. The van der Waals surface area contributed by atoms with Crippen molar-refractivity contribution in [2.24, 2.45) is 0 Å². The summed E-state index contributed by atoms with van der Waals surface area (Å²) in [6.45, 7) is 6.19. The van der Waals surface area contributed by atoms with Gasteiger partial charge in [0.1, 0.15) is 18.2 Å². The third-order valence-electron chi connectivity index (χ3n) is 6.53. The molecule has 0 aromatic heterocycles. The first-order valence-electron chi connectivity index (χ1n) is 11.5. The fourth-order valence-electron chi connectivity index (χ4n) is 4.70. The Hall–Kier alpha value is -3.77. The van der Waals surface area contributed by atoms with Gasteiger partial charge in [0.2, 0.25) is 12.6 Å². The smallest absolute Gasteiger partial charge is 0.231 e. The molecule has 6 nitrogen and oxygen atoms in total. The zero-order valence-corrected chi connectivity index (χ0v) is 19.2. The summed E-state index contributed by atoms with van der Waals surface area (Å²) in [4.78, 5) is 15.4. The predicted octanol–water partition coefficient (Wildman–Crippen LogP) is 5.25. The van der Waals surface area contributed by atoms with E-state index in [1.807, 2.05) is 49.4 Å². The first-order chi connectivity index (χ1) is 16.6. The van der Waals surface area contributed by atoms with Gasteiger partial charge in [0.15, 0.2) is 17.3 Å². The predicted molar refractivity (Wildman–Crippen MR) is 127 cm³/mol. The highest BCUT2D eigenvalue weighted by Crippen LogP contribution is 2.43. The summed E-state index contributed by atoms with van der Waals surface area (Å²) in [5.74, 6) is 3.22. The van der Waals surface area contributed by atoms with E-state index < -0.39 is 0 Å². The molecule has 0 unspecified atom stereocenters. The quantitative estimate of drug-likeness (QED) is 0.501. The van der Waals surface area contributed by atoms with Crippen LogP contribution in [0.4, 0.5) is 0 Å². The molecule has 172 valence electrons. The second-order valence-corrected chi connectivity index (χ2v) is 8.85. The van der Waals surface area contributed by atoms with Crippen molar-refractivity contribution in [2.45, 2.75) is 33.4 Å². The highest BCUT2D eigenvalue weighted by atomic mass is 16.7. The lowest BCUT2D eigenvalue weighted by Crippen LogP contribution is -2.32. The van der Waals surface area contributed by atoms with Gasteiger partial charge in [-0.05, 0) is 54.3 Å². The minimum atomic E-state index is -0.0895. The van der Waals surface area contributed by atoms with Gasteiger partial charge in [-0.15, -0.1) is 0 Å². The second-order valence-electron chi connectivity index (χ2n) is 8.85. The number of hydrogen-bond acceptors (Lipinski definition) is 6. The van der Waals surface area contributed by atoms with E-state index >= 15 is 0 Å². The normalized spacial score (nSPS) is 17.4. The van der Waals surface area contributed by atoms with E-state index in [4.69, 9.17) is 18.9 Å². The summed E-state index contributed by atoms with van der Waals surface area (Å²) in [6, 6.07) is 16.1. The largest absolute Gasteiger partial charge is 0.477 e. The number of ketones is 1. The van der Waals surface area contributed by atoms with E-state index in [0.29, 0.717) is 36.9 Å². The van der Waals surface area contributed by atoms with E-state index in [1.54, 1.807) is 0 Å². The van der Waals surface area contributed by atoms with Crippen LogP contribution in [0.3, 0.4) is 0 Å². The molecule has 3 aliphatic rings. The standard InChI is InChI=1S/C28H25NO5/c1-3-18-4-6-19(7-5-18)10-25-26(30)22-12-21-14-29(15-31-27(21)17(2)28(22)34-25)13-20-8-9-23-24(11-20)33-16-32-23/h4-12H,3,13-16H2,1-2H3/b25-10-. The fourth-order valence-corrected chi connectivity index (χ4v) is 4.70. The number of ether oxygens (including phenoxy) is 4. The second kappa shape index (κ2) is 8.22. The highest BCUT2D eigenvalue weighted by molar-refractivity contribution is 6.15. The maximum absolute atomic E-state index is 13.2. The zero-order chi connectivity index (χ0) is 23.2. The number of Topliss-reactive ketones (excluding diaryl/α,β-unsaturated/α-hetero) is 1. The van der Waals surface area contributed by atoms with Gasteiger partial charge < -0.3 is 18.9 Å². The molecule has 0 radical (unpaired) electrons. The van der Waals surface area contributed by atoms with Gasteiger partial charge >= 0.3 is 0 Å². The van der Waals surface area contributed by atoms with Gasteiger partial charge in [-0.3, -0.25) is 9.69 Å². The van der Waals surface area contributed by atoms with Crippen molar-refractivity contribution < 1.29 is 23.7 Å². The van der Waals surface area contributed by atoms with Crippen LogP contribution < -0.4 is 18.9 Å². The Kier molecular flexibility index (Phi) is 5.03. The lowest BCUT2D eigenvalue weighted by molar-refractivity contribution is 0.0876. The lowest BCUT2D eigenvalue weighted by Gasteiger charge is -2.30. The molecule has 0 N–H and O–H groups in total. The Bertz CT molecular complexity index is 1330. The highest BCUT2D eigenvalue weighted by Gasteiger charge is 2.33. The van der Waals surface area contributed by atoms with Crippen molar-refractivity contribution in [1.82, 2.24) is 4.90 Å².